The number of aromatic nitrogens is 3. The Morgan fingerprint density at radius 2 is 2.05 bits per heavy atom. The number of rotatable bonds is 2. The van der Waals surface area contributed by atoms with E-state index in [1.165, 1.54) is 12.1 Å². The molecule has 0 saturated heterocycles. The zero-order valence-corrected chi connectivity index (χ0v) is 12.1. The van der Waals surface area contributed by atoms with Crippen LogP contribution in [0.15, 0.2) is 28.8 Å². The van der Waals surface area contributed by atoms with Crippen molar-refractivity contribution in [3.8, 4) is 11.5 Å². The van der Waals surface area contributed by atoms with Crippen molar-refractivity contribution in [2.45, 2.75) is 31.7 Å². The van der Waals surface area contributed by atoms with E-state index >= 15 is 0 Å². The molecule has 0 amide bonds. The topological polar surface area (TPSA) is 77.8 Å². The summed E-state index contributed by atoms with van der Waals surface area (Å²) >= 11 is 0. The molecule has 1 aliphatic rings. The van der Waals surface area contributed by atoms with Crippen LogP contribution in [0.2, 0.25) is 0 Å². The summed E-state index contributed by atoms with van der Waals surface area (Å²) in [6.07, 6.45) is 2.84. The molecule has 2 heterocycles. The molecule has 1 saturated carbocycles. The Morgan fingerprint density at radius 3 is 2.77 bits per heavy atom. The van der Waals surface area contributed by atoms with E-state index in [1.807, 2.05) is 13.0 Å². The van der Waals surface area contributed by atoms with Crippen LogP contribution in [-0.4, -0.2) is 15.1 Å². The lowest BCUT2D eigenvalue weighted by Gasteiger charge is -2.34. The summed E-state index contributed by atoms with van der Waals surface area (Å²) < 4.78 is 18.6. The maximum Gasteiger partial charge on any atom is 0.259 e. The largest absolute Gasteiger partial charge is 0.334 e. The SMILES string of the molecule is Cc1nc2cc(F)ccc2cc1-c1nc(C2(N)CCC2)no1. The fourth-order valence-corrected chi connectivity index (χ4v) is 2.77. The highest BCUT2D eigenvalue weighted by molar-refractivity contribution is 5.83. The molecule has 1 fully saturated rings. The minimum Gasteiger partial charge on any atom is -0.334 e. The molecule has 0 bridgehead atoms. The van der Waals surface area contributed by atoms with Gasteiger partial charge in [-0.05, 0) is 44.4 Å². The first kappa shape index (κ1) is 13.3. The van der Waals surface area contributed by atoms with E-state index in [0.29, 0.717) is 22.9 Å². The third-order valence-electron chi connectivity index (χ3n) is 4.32. The van der Waals surface area contributed by atoms with E-state index < -0.39 is 5.54 Å². The highest BCUT2D eigenvalue weighted by atomic mass is 19.1. The summed E-state index contributed by atoms with van der Waals surface area (Å²) in [6.45, 7) is 1.84. The number of nitrogens with two attached hydrogens (primary N) is 1. The Morgan fingerprint density at radius 1 is 1.23 bits per heavy atom. The lowest BCUT2D eigenvalue weighted by molar-refractivity contribution is 0.229. The second-order valence-electron chi connectivity index (χ2n) is 5.89. The van der Waals surface area contributed by atoms with Crippen LogP contribution in [0.1, 0.15) is 30.8 Å². The van der Waals surface area contributed by atoms with Crippen LogP contribution in [0.4, 0.5) is 4.39 Å². The summed E-state index contributed by atoms with van der Waals surface area (Å²) in [6, 6.07) is 6.40. The monoisotopic (exact) mass is 298 g/mol. The summed E-state index contributed by atoms with van der Waals surface area (Å²) in [7, 11) is 0. The number of aryl methyl sites for hydroxylation is 1. The van der Waals surface area contributed by atoms with Crippen molar-refractivity contribution in [3.05, 3.63) is 41.6 Å². The molecular weight excluding hydrogens is 283 g/mol. The van der Waals surface area contributed by atoms with Gasteiger partial charge in [-0.25, -0.2) is 4.39 Å². The van der Waals surface area contributed by atoms with Gasteiger partial charge in [0.25, 0.3) is 5.89 Å². The Balaban J connectivity index is 1.80. The average molecular weight is 298 g/mol. The average Bonchev–Trinajstić information content (AvgIpc) is 2.93. The molecular formula is C16H15FN4O. The zero-order valence-electron chi connectivity index (χ0n) is 12.1. The summed E-state index contributed by atoms with van der Waals surface area (Å²) in [4.78, 5) is 8.86. The van der Waals surface area contributed by atoms with Gasteiger partial charge in [-0.1, -0.05) is 5.16 Å². The molecule has 6 heteroatoms. The maximum absolute atomic E-state index is 13.3. The fourth-order valence-electron chi connectivity index (χ4n) is 2.77. The van der Waals surface area contributed by atoms with E-state index in [1.54, 1.807) is 6.07 Å². The van der Waals surface area contributed by atoms with Crippen LogP contribution < -0.4 is 5.73 Å². The molecule has 22 heavy (non-hydrogen) atoms. The van der Waals surface area contributed by atoms with Crippen LogP contribution in [0.25, 0.3) is 22.4 Å². The number of fused-ring (bicyclic) bond motifs is 1. The van der Waals surface area contributed by atoms with Gasteiger partial charge in [0.05, 0.1) is 22.3 Å². The third kappa shape index (κ3) is 1.99. The highest BCUT2D eigenvalue weighted by Gasteiger charge is 2.39. The summed E-state index contributed by atoms with van der Waals surface area (Å²) in [5.41, 5.74) is 7.84. The number of nitrogens with zero attached hydrogens (tertiary/aromatic N) is 3. The molecule has 2 aromatic heterocycles. The molecule has 2 N–H and O–H groups in total. The predicted octanol–water partition coefficient (Wildman–Crippen LogP) is 3.07. The lowest BCUT2D eigenvalue weighted by Crippen LogP contribution is -2.44. The van der Waals surface area contributed by atoms with Crippen molar-refractivity contribution in [2.75, 3.05) is 0 Å². The fraction of sp³-hybridized carbons (Fsp3) is 0.312. The molecule has 5 nitrogen and oxygen atoms in total. The number of hydrogen-bond donors (Lipinski definition) is 1. The Labute approximate surface area is 126 Å². The van der Waals surface area contributed by atoms with Gasteiger partial charge in [-0.2, -0.15) is 4.98 Å². The number of benzene rings is 1. The predicted molar refractivity (Wildman–Crippen MR) is 79.4 cm³/mol. The second-order valence-corrected chi connectivity index (χ2v) is 5.89. The molecule has 3 aromatic rings. The Bertz CT molecular complexity index is 870. The Hall–Kier alpha value is -2.34. The van der Waals surface area contributed by atoms with Gasteiger partial charge in [0.1, 0.15) is 5.82 Å². The van der Waals surface area contributed by atoms with Crippen molar-refractivity contribution in [3.63, 3.8) is 0 Å². The highest BCUT2D eigenvalue weighted by Crippen LogP contribution is 2.38. The first-order valence-corrected chi connectivity index (χ1v) is 7.25. The van der Waals surface area contributed by atoms with Crippen LogP contribution in [0.5, 0.6) is 0 Å². The molecule has 4 rings (SSSR count). The zero-order chi connectivity index (χ0) is 15.3. The van der Waals surface area contributed by atoms with Crippen molar-refractivity contribution >= 4 is 10.9 Å². The lowest BCUT2D eigenvalue weighted by atomic mass is 9.77. The van der Waals surface area contributed by atoms with E-state index in [0.717, 1.165) is 30.2 Å². The van der Waals surface area contributed by atoms with Gasteiger partial charge in [-0.3, -0.25) is 4.98 Å². The summed E-state index contributed by atoms with van der Waals surface area (Å²) in [5, 5.41) is 4.85. The van der Waals surface area contributed by atoms with E-state index in [9.17, 15) is 4.39 Å². The molecule has 0 radical (unpaired) electrons. The quantitative estimate of drug-likeness (QED) is 0.786. The first-order chi connectivity index (χ1) is 10.5. The van der Waals surface area contributed by atoms with Gasteiger partial charge >= 0.3 is 0 Å². The van der Waals surface area contributed by atoms with Gasteiger partial charge in [0.15, 0.2) is 5.82 Å². The van der Waals surface area contributed by atoms with E-state index in [-0.39, 0.29) is 5.82 Å². The van der Waals surface area contributed by atoms with Crippen LogP contribution >= 0.6 is 0 Å². The number of hydrogen-bond acceptors (Lipinski definition) is 5. The molecule has 1 aromatic carbocycles. The minimum absolute atomic E-state index is 0.303. The van der Waals surface area contributed by atoms with Crippen LogP contribution in [0.3, 0.4) is 0 Å². The molecule has 0 atom stereocenters. The van der Waals surface area contributed by atoms with Crippen LogP contribution in [-0.2, 0) is 5.54 Å². The summed E-state index contributed by atoms with van der Waals surface area (Å²) in [5.74, 6) is 0.651. The maximum atomic E-state index is 13.3. The normalized spacial score (nSPS) is 16.7. The smallest absolute Gasteiger partial charge is 0.259 e. The molecule has 1 aliphatic carbocycles. The first-order valence-electron chi connectivity index (χ1n) is 7.25. The van der Waals surface area contributed by atoms with Gasteiger partial charge in [0, 0.05) is 11.5 Å². The van der Waals surface area contributed by atoms with Gasteiger partial charge in [-0.15, -0.1) is 0 Å². The van der Waals surface area contributed by atoms with E-state index in [4.69, 9.17) is 10.3 Å². The van der Waals surface area contributed by atoms with Crippen LogP contribution in [0, 0.1) is 12.7 Å². The molecule has 0 spiro atoms. The molecule has 0 aliphatic heterocycles. The van der Waals surface area contributed by atoms with Gasteiger partial charge in [0.2, 0.25) is 0 Å². The van der Waals surface area contributed by atoms with Gasteiger partial charge < -0.3 is 10.3 Å². The second kappa shape index (κ2) is 4.58. The van der Waals surface area contributed by atoms with Crippen molar-refractivity contribution in [1.82, 2.24) is 15.1 Å². The Kier molecular flexibility index (Phi) is 2.77. The number of pyridine rings is 1. The molecule has 112 valence electrons. The van der Waals surface area contributed by atoms with E-state index in [2.05, 4.69) is 15.1 Å². The number of halogens is 1. The van der Waals surface area contributed by atoms with Crippen molar-refractivity contribution in [2.24, 2.45) is 5.73 Å². The molecule has 0 unspecified atom stereocenters. The third-order valence-corrected chi connectivity index (χ3v) is 4.32. The minimum atomic E-state index is -0.455. The van der Waals surface area contributed by atoms with Crippen molar-refractivity contribution in [1.29, 1.82) is 0 Å². The standard InChI is InChI=1S/C16H15FN4O/c1-9-12(7-10-3-4-11(17)8-13(10)19-9)14-20-15(21-22-14)16(18)5-2-6-16/h3-4,7-8H,2,5-6,18H2,1H3. The van der Waals surface area contributed by atoms with Crippen molar-refractivity contribution < 1.29 is 8.91 Å².